The summed E-state index contributed by atoms with van der Waals surface area (Å²) in [6, 6.07) is 3.63. The minimum atomic E-state index is -1.66. The Morgan fingerprint density at radius 2 is 1.94 bits per heavy atom. The van der Waals surface area contributed by atoms with E-state index in [0.717, 1.165) is 43.2 Å². The minimum absolute atomic E-state index is 0.110. The molecule has 1 aliphatic carbocycles. The number of ether oxygens (including phenoxy) is 2. The molecule has 1 saturated heterocycles. The Labute approximate surface area is 196 Å². The molecule has 1 unspecified atom stereocenters. The molecule has 2 aliphatic rings. The van der Waals surface area contributed by atoms with E-state index >= 15 is 0 Å². The molecule has 0 radical (unpaired) electrons. The summed E-state index contributed by atoms with van der Waals surface area (Å²) in [5, 5.41) is 51.3. The van der Waals surface area contributed by atoms with Crippen molar-refractivity contribution in [1.29, 1.82) is 0 Å². The zero-order valence-corrected chi connectivity index (χ0v) is 19.8. The van der Waals surface area contributed by atoms with Crippen LogP contribution in [0.4, 0.5) is 0 Å². The highest BCUT2D eigenvalue weighted by Gasteiger charge is 2.45. The summed E-state index contributed by atoms with van der Waals surface area (Å²) in [5.41, 5.74) is 3.72. The summed E-state index contributed by atoms with van der Waals surface area (Å²) in [6.07, 6.45) is 0.834. The van der Waals surface area contributed by atoms with Gasteiger partial charge >= 0.3 is 0 Å². The maximum Gasteiger partial charge on any atom is 0.210 e. The molecule has 184 valence electrons. The van der Waals surface area contributed by atoms with Crippen molar-refractivity contribution in [3.05, 3.63) is 47.1 Å². The number of aliphatic hydroxyl groups excluding tert-OH is 4. The summed E-state index contributed by atoms with van der Waals surface area (Å²) < 4.78 is 11.6. The second-order valence-electron chi connectivity index (χ2n) is 9.50. The van der Waals surface area contributed by atoms with Crippen LogP contribution in [0.15, 0.2) is 35.9 Å². The summed E-state index contributed by atoms with van der Waals surface area (Å²) >= 11 is 0. The first-order valence-electron chi connectivity index (χ1n) is 11.8. The van der Waals surface area contributed by atoms with E-state index in [0.29, 0.717) is 11.3 Å². The highest BCUT2D eigenvalue weighted by Crippen LogP contribution is 2.47. The van der Waals surface area contributed by atoms with E-state index in [4.69, 9.17) is 9.47 Å². The van der Waals surface area contributed by atoms with E-state index in [9.17, 15) is 25.5 Å². The fourth-order valence-electron chi connectivity index (χ4n) is 4.87. The topological polar surface area (TPSA) is 120 Å². The molecule has 0 aromatic heterocycles. The lowest BCUT2D eigenvalue weighted by atomic mass is 9.73. The number of phenols is 1. The second-order valence-corrected chi connectivity index (χ2v) is 9.50. The van der Waals surface area contributed by atoms with E-state index in [2.05, 4.69) is 26.5 Å². The fourth-order valence-corrected chi connectivity index (χ4v) is 4.87. The molecule has 1 aromatic carbocycles. The van der Waals surface area contributed by atoms with Gasteiger partial charge in [0, 0.05) is 11.5 Å². The summed E-state index contributed by atoms with van der Waals surface area (Å²) in [5.74, 6) is -0.537. The number of aliphatic hydroxyl groups is 4. The minimum Gasteiger partial charge on any atom is -0.507 e. The van der Waals surface area contributed by atoms with Gasteiger partial charge in [0.25, 0.3) is 0 Å². The number of rotatable bonds is 8. The smallest absolute Gasteiger partial charge is 0.210 e. The molecule has 1 aliphatic heterocycles. The molecule has 0 saturated carbocycles. The van der Waals surface area contributed by atoms with Crippen LogP contribution in [0.25, 0.3) is 0 Å². The van der Waals surface area contributed by atoms with Crippen LogP contribution in [-0.4, -0.2) is 56.9 Å². The number of aromatic hydroxyl groups is 1. The molecular formula is C26H38O7. The van der Waals surface area contributed by atoms with Crippen molar-refractivity contribution in [1.82, 2.24) is 0 Å². The first kappa shape index (κ1) is 25.7. The molecule has 7 heteroatoms. The van der Waals surface area contributed by atoms with Crippen molar-refractivity contribution in [2.75, 3.05) is 6.61 Å². The Kier molecular flexibility index (Phi) is 8.59. The van der Waals surface area contributed by atoms with Gasteiger partial charge < -0.3 is 35.0 Å². The van der Waals surface area contributed by atoms with E-state index < -0.39 is 37.3 Å². The normalized spacial score (nSPS) is 32.3. The molecule has 1 heterocycles. The number of hydrogen-bond acceptors (Lipinski definition) is 7. The summed E-state index contributed by atoms with van der Waals surface area (Å²) in [7, 11) is 0. The standard InChI is InChI=1S/C26H38O7/c1-5-6-7-16-11-20(28)22(18-10-15(4)8-9-17(18)14(2)3)21(12-16)32-26-19(13-27)23(29)24(30)25(31)33-26/h10-12,17-19,23-31H,2,5-9,13H2,1,3-4H3/t17-,18+,19+,23+,24-,25-,26?/m0/s1. The predicted octanol–water partition coefficient (Wildman–Crippen LogP) is 3.13. The fraction of sp³-hybridized carbons (Fsp3) is 0.615. The quantitative estimate of drug-likeness (QED) is 0.377. The SMILES string of the molecule is C=C(C)[C@@H]1CCC(C)=C[C@H]1c1c(O)cc(CCCC)cc1OC1O[C@H](O)[C@@H](O)[C@H](O)[C@H]1CO. The Hall–Kier alpha value is -1.90. The first-order chi connectivity index (χ1) is 15.7. The van der Waals surface area contributed by atoms with Crippen molar-refractivity contribution in [2.24, 2.45) is 11.8 Å². The van der Waals surface area contributed by atoms with Crippen LogP contribution >= 0.6 is 0 Å². The van der Waals surface area contributed by atoms with Crippen LogP contribution < -0.4 is 4.74 Å². The lowest BCUT2D eigenvalue weighted by Crippen LogP contribution is -2.57. The van der Waals surface area contributed by atoms with Gasteiger partial charge in [-0.3, -0.25) is 0 Å². The lowest BCUT2D eigenvalue weighted by molar-refractivity contribution is -0.312. The molecule has 3 rings (SSSR count). The highest BCUT2D eigenvalue weighted by molar-refractivity contribution is 5.52. The van der Waals surface area contributed by atoms with Gasteiger partial charge in [-0.2, -0.15) is 0 Å². The van der Waals surface area contributed by atoms with Crippen molar-refractivity contribution in [3.63, 3.8) is 0 Å². The third kappa shape index (κ3) is 5.61. The van der Waals surface area contributed by atoms with E-state index in [1.807, 2.05) is 13.0 Å². The largest absolute Gasteiger partial charge is 0.507 e. The second kappa shape index (κ2) is 11.0. The van der Waals surface area contributed by atoms with Gasteiger partial charge in [-0.1, -0.05) is 37.1 Å². The van der Waals surface area contributed by atoms with E-state index in [1.54, 1.807) is 6.07 Å². The van der Waals surface area contributed by atoms with Gasteiger partial charge in [0.2, 0.25) is 6.29 Å². The van der Waals surface area contributed by atoms with Crippen LogP contribution in [0, 0.1) is 11.8 Å². The van der Waals surface area contributed by atoms with Crippen molar-refractivity contribution in [2.45, 2.75) is 83.6 Å². The Morgan fingerprint density at radius 3 is 2.58 bits per heavy atom. The predicted molar refractivity (Wildman–Crippen MR) is 125 cm³/mol. The number of benzene rings is 1. The molecule has 7 nitrogen and oxygen atoms in total. The molecule has 1 fully saturated rings. The zero-order chi connectivity index (χ0) is 24.3. The van der Waals surface area contributed by atoms with Gasteiger partial charge in [-0.05, 0) is 63.1 Å². The number of unbranched alkanes of at least 4 members (excludes halogenated alkanes) is 1. The lowest BCUT2D eigenvalue weighted by Gasteiger charge is -2.40. The molecular weight excluding hydrogens is 424 g/mol. The van der Waals surface area contributed by atoms with Crippen molar-refractivity contribution < 1.29 is 35.0 Å². The monoisotopic (exact) mass is 462 g/mol. The van der Waals surface area contributed by atoms with Gasteiger partial charge in [0.05, 0.1) is 18.6 Å². The van der Waals surface area contributed by atoms with Gasteiger partial charge in [0.1, 0.15) is 17.6 Å². The molecule has 0 bridgehead atoms. The number of phenolic OH excluding ortho intramolecular Hbond substituents is 1. The molecule has 5 N–H and O–H groups in total. The van der Waals surface area contributed by atoms with Crippen LogP contribution in [0.2, 0.25) is 0 Å². The number of hydrogen-bond donors (Lipinski definition) is 5. The maximum absolute atomic E-state index is 11.1. The van der Waals surface area contributed by atoms with Crippen LogP contribution in [0.5, 0.6) is 11.5 Å². The van der Waals surface area contributed by atoms with Crippen LogP contribution in [0.1, 0.15) is 63.5 Å². The molecule has 0 spiro atoms. The molecule has 33 heavy (non-hydrogen) atoms. The number of allylic oxidation sites excluding steroid dienone is 3. The first-order valence-corrected chi connectivity index (χ1v) is 11.8. The number of aryl methyl sites for hydroxylation is 1. The Balaban J connectivity index is 2.07. The average molecular weight is 463 g/mol. The zero-order valence-electron chi connectivity index (χ0n) is 19.8. The third-order valence-electron chi connectivity index (χ3n) is 6.87. The van der Waals surface area contributed by atoms with Crippen LogP contribution in [0.3, 0.4) is 0 Å². The molecule has 1 aromatic rings. The molecule has 0 amide bonds. The van der Waals surface area contributed by atoms with Crippen molar-refractivity contribution >= 4 is 0 Å². The van der Waals surface area contributed by atoms with Crippen molar-refractivity contribution in [3.8, 4) is 11.5 Å². The maximum atomic E-state index is 11.1. The highest BCUT2D eigenvalue weighted by atomic mass is 16.7. The Morgan fingerprint density at radius 1 is 1.21 bits per heavy atom. The van der Waals surface area contributed by atoms with Gasteiger partial charge in [-0.25, -0.2) is 0 Å². The van der Waals surface area contributed by atoms with E-state index in [-0.39, 0.29) is 17.6 Å². The van der Waals surface area contributed by atoms with Gasteiger partial charge in [-0.15, -0.1) is 0 Å². The average Bonchev–Trinajstić information content (AvgIpc) is 2.76. The summed E-state index contributed by atoms with van der Waals surface area (Å²) in [4.78, 5) is 0. The molecule has 7 atom stereocenters. The van der Waals surface area contributed by atoms with Gasteiger partial charge in [0.15, 0.2) is 6.29 Å². The Bertz CT molecular complexity index is 864. The summed E-state index contributed by atoms with van der Waals surface area (Å²) in [6.45, 7) is 9.79. The van der Waals surface area contributed by atoms with E-state index in [1.165, 1.54) is 5.57 Å². The third-order valence-corrected chi connectivity index (χ3v) is 6.87. The van der Waals surface area contributed by atoms with Crippen LogP contribution in [-0.2, 0) is 11.2 Å².